The molecule has 2 aliphatic carbocycles. The highest BCUT2D eigenvalue weighted by Crippen LogP contribution is 2.39. The van der Waals surface area contributed by atoms with Crippen LogP contribution in [0, 0.1) is 23.7 Å². The minimum Gasteiger partial charge on any atom is -0.459 e. The van der Waals surface area contributed by atoms with Gasteiger partial charge in [-0.05, 0) is 61.1 Å². The summed E-state index contributed by atoms with van der Waals surface area (Å²) in [5.74, 6) is -3.91. The van der Waals surface area contributed by atoms with Gasteiger partial charge in [0, 0.05) is 0 Å². The van der Waals surface area contributed by atoms with Gasteiger partial charge < -0.3 is 9.47 Å². The zero-order valence-electron chi connectivity index (χ0n) is 20.2. The minimum absolute atomic E-state index is 0.298. The van der Waals surface area contributed by atoms with Gasteiger partial charge >= 0.3 is 11.9 Å². The molecule has 2 aromatic rings. The first kappa shape index (κ1) is 24.0. The van der Waals surface area contributed by atoms with Crippen molar-refractivity contribution in [3.63, 3.8) is 0 Å². The number of esters is 2. The van der Waals surface area contributed by atoms with E-state index in [0.717, 1.165) is 11.1 Å². The molecule has 0 spiro atoms. The van der Waals surface area contributed by atoms with Gasteiger partial charge in [-0.1, -0.05) is 24.3 Å². The van der Waals surface area contributed by atoms with E-state index >= 15 is 0 Å². The van der Waals surface area contributed by atoms with Gasteiger partial charge in [0.15, 0.2) is 0 Å². The number of fused-ring (bicyclic) bond motifs is 2. The van der Waals surface area contributed by atoms with Crippen LogP contribution in [0.1, 0.15) is 46.4 Å². The van der Waals surface area contributed by atoms with E-state index in [4.69, 9.17) is 9.47 Å². The number of carbonyl (C=O) groups excluding carboxylic acids is 6. The summed E-state index contributed by atoms with van der Waals surface area (Å²) < 4.78 is 11.1. The second kappa shape index (κ2) is 9.20. The van der Waals surface area contributed by atoms with E-state index < -0.39 is 47.8 Å². The van der Waals surface area contributed by atoms with Gasteiger partial charge in [0.1, 0.15) is 12.2 Å². The Morgan fingerprint density at radius 3 is 1.11 bits per heavy atom. The number of nitrogens with one attached hydrogen (secondary N) is 2. The van der Waals surface area contributed by atoms with Gasteiger partial charge in [0.25, 0.3) is 0 Å². The fraction of sp³-hybridized carbons (Fsp3) is 0.357. The molecule has 4 aliphatic rings. The largest absolute Gasteiger partial charge is 0.459 e. The van der Waals surface area contributed by atoms with Crippen molar-refractivity contribution in [2.75, 3.05) is 0 Å². The van der Waals surface area contributed by atoms with Crippen LogP contribution in [0.3, 0.4) is 0 Å². The average molecular weight is 517 g/mol. The van der Waals surface area contributed by atoms with Crippen molar-refractivity contribution < 1.29 is 38.2 Å². The minimum atomic E-state index is -0.511. The first-order chi connectivity index (χ1) is 18.3. The third-order valence-corrected chi connectivity index (χ3v) is 8.00. The summed E-state index contributed by atoms with van der Waals surface area (Å²) in [6, 6.07) is 13.6. The molecular weight excluding hydrogens is 492 g/mol. The van der Waals surface area contributed by atoms with Crippen molar-refractivity contribution in [2.45, 2.75) is 37.9 Å². The number of hydrogen-bond donors (Lipinski definition) is 2. The summed E-state index contributed by atoms with van der Waals surface area (Å²) in [4.78, 5) is 72.4. The molecule has 4 amide bonds. The molecule has 38 heavy (non-hydrogen) atoms. The smallest absolute Gasteiger partial charge is 0.338 e. The molecule has 2 heterocycles. The molecule has 194 valence electrons. The van der Waals surface area contributed by atoms with Crippen LogP contribution in [-0.2, 0) is 28.7 Å². The summed E-state index contributed by atoms with van der Waals surface area (Å²) in [6.07, 6.45) is 0.431. The van der Waals surface area contributed by atoms with Crippen molar-refractivity contribution in [2.24, 2.45) is 23.7 Å². The van der Waals surface area contributed by atoms with E-state index in [1.165, 1.54) is 0 Å². The quantitative estimate of drug-likeness (QED) is 0.452. The lowest BCUT2D eigenvalue weighted by Crippen LogP contribution is -2.26. The van der Waals surface area contributed by atoms with Crippen LogP contribution in [0.2, 0.25) is 0 Å². The molecule has 0 bridgehead atoms. The Bertz CT molecular complexity index is 1220. The third-order valence-electron chi connectivity index (χ3n) is 8.00. The van der Waals surface area contributed by atoms with Crippen LogP contribution in [0.4, 0.5) is 0 Å². The number of rotatable bonds is 5. The zero-order valence-corrected chi connectivity index (χ0v) is 20.2. The van der Waals surface area contributed by atoms with Crippen molar-refractivity contribution in [3.05, 3.63) is 59.7 Å². The number of ether oxygens (including phenoxy) is 2. The van der Waals surface area contributed by atoms with Crippen LogP contribution in [0.25, 0.3) is 11.1 Å². The molecule has 0 aromatic heterocycles. The maximum Gasteiger partial charge on any atom is 0.338 e. The van der Waals surface area contributed by atoms with Crippen molar-refractivity contribution >= 4 is 35.6 Å². The molecule has 2 saturated carbocycles. The molecule has 6 rings (SSSR count). The highest BCUT2D eigenvalue weighted by atomic mass is 16.5. The van der Waals surface area contributed by atoms with Gasteiger partial charge in [-0.15, -0.1) is 0 Å². The fourth-order valence-corrected chi connectivity index (χ4v) is 5.98. The maximum atomic E-state index is 12.6. The van der Waals surface area contributed by atoms with Crippen LogP contribution >= 0.6 is 0 Å². The van der Waals surface area contributed by atoms with Crippen LogP contribution in [-0.4, -0.2) is 47.8 Å². The highest BCUT2D eigenvalue weighted by Gasteiger charge is 2.50. The lowest BCUT2D eigenvalue weighted by Gasteiger charge is -2.14. The van der Waals surface area contributed by atoms with Gasteiger partial charge in [-0.2, -0.15) is 0 Å². The number of imide groups is 2. The molecule has 4 unspecified atom stereocenters. The summed E-state index contributed by atoms with van der Waals surface area (Å²) >= 11 is 0. The molecule has 2 aliphatic heterocycles. The molecule has 2 N–H and O–H groups in total. The first-order valence-corrected chi connectivity index (χ1v) is 12.6. The number of hydrogen-bond acceptors (Lipinski definition) is 8. The summed E-state index contributed by atoms with van der Waals surface area (Å²) in [5, 5.41) is 4.63. The lowest BCUT2D eigenvalue weighted by molar-refractivity contribution is -0.128. The Morgan fingerprint density at radius 2 is 0.816 bits per heavy atom. The standard InChI is InChI=1S/C28H24N2O8/c31-23-19-9-17(10-20(19)24(32)29-23)37-27(35)15-5-1-13(2-6-15)14-3-7-16(8-4-14)28(36)38-18-11-21-22(12-18)26(34)30-25(21)33/h1-8,17-22H,9-12H2,(H,29,31,32)(H,30,33,34). The molecular formula is C28H24N2O8. The Hall–Kier alpha value is -4.34. The van der Waals surface area contributed by atoms with E-state index in [0.29, 0.717) is 36.8 Å². The predicted molar refractivity (Wildman–Crippen MR) is 129 cm³/mol. The van der Waals surface area contributed by atoms with Crippen LogP contribution < -0.4 is 10.6 Å². The Kier molecular flexibility index (Phi) is 5.81. The normalized spacial score (nSPS) is 29.5. The summed E-state index contributed by atoms with van der Waals surface area (Å²) in [7, 11) is 0. The van der Waals surface area contributed by atoms with Gasteiger partial charge in [0.05, 0.1) is 34.8 Å². The fourth-order valence-electron chi connectivity index (χ4n) is 5.98. The van der Waals surface area contributed by atoms with Crippen LogP contribution in [0.15, 0.2) is 48.5 Å². The number of benzene rings is 2. The summed E-state index contributed by atoms with van der Waals surface area (Å²) in [6.45, 7) is 0. The van der Waals surface area contributed by atoms with E-state index in [1.54, 1.807) is 48.5 Å². The average Bonchev–Trinajstić information content (AvgIpc) is 3.64. The molecule has 10 heteroatoms. The monoisotopic (exact) mass is 516 g/mol. The summed E-state index contributed by atoms with van der Waals surface area (Å²) in [5.41, 5.74) is 2.37. The number of amides is 4. The maximum absolute atomic E-state index is 12.6. The third kappa shape index (κ3) is 4.25. The lowest BCUT2D eigenvalue weighted by atomic mass is 10.00. The van der Waals surface area contributed by atoms with E-state index in [1.807, 2.05) is 0 Å². The van der Waals surface area contributed by atoms with E-state index in [9.17, 15) is 28.8 Å². The van der Waals surface area contributed by atoms with Crippen molar-refractivity contribution in [1.82, 2.24) is 10.6 Å². The molecule has 4 atom stereocenters. The Balaban J connectivity index is 1.04. The predicted octanol–water partition coefficient (Wildman–Crippen LogP) is 1.77. The van der Waals surface area contributed by atoms with Gasteiger partial charge in [-0.25, -0.2) is 9.59 Å². The molecule has 2 aromatic carbocycles. The molecule has 2 saturated heterocycles. The molecule has 4 fully saturated rings. The van der Waals surface area contributed by atoms with Crippen molar-refractivity contribution in [3.8, 4) is 11.1 Å². The molecule has 10 nitrogen and oxygen atoms in total. The van der Waals surface area contributed by atoms with Gasteiger partial charge in [0.2, 0.25) is 23.6 Å². The second-order valence-electron chi connectivity index (χ2n) is 10.3. The van der Waals surface area contributed by atoms with E-state index in [-0.39, 0.29) is 23.6 Å². The SMILES string of the molecule is O=C(OC1CC2C(=O)NC(=O)C2C1)c1ccc(-c2ccc(C(=O)OC3CC4C(=O)NC(=O)C4C3)cc2)cc1. The Morgan fingerprint density at radius 1 is 0.526 bits per heavy atom. The van der Waals surface area contributed by atoms with Gasteiger partial charge in [-0.3, -0.25) is 29.8 Å². The highest BCUT2D eigenvalue weighted by molar-refractivity contribution is 6.06. The first-order valence-electron chi connectivity index (χ1n) is 12.6. The Labute approximate surface area is 217 Å². The number of carbonyl (C=O) groups is 6. The van der Waals surface area contributed by atoms with Crippen LogP contribution in [0.5, 0.6) is 0 Å². The molecule has 0 radical (unpaired) electrons. The second-order valence-corrected chi connectivity index (χ2v) is 10.3. The van der Waals surface area contributed by atoms with E-state index in [2.05, 4.69) is 10.6 Å². The zero-order chi connectivity index (χ0) is 26.6. The topological polar surface area (TPSA) is 145 Å². The van der Waals surface area contributed by atoms with Crippen molar-refractivity contribution in [1.29, 1.82) is 0 Å².